The van der Waals surface area contributed by atoms with Gasteiger partial charge in [0.05, 0.1) is 15.7 Å². The minimum atomic E-state index is -3.43. The SMILES string of the molecule is Nc1ccc(CS(=O)(=O)c2ccccc2Cl)cc1. The van der Waals surface area contributed by atoms with E-state index in [9.17, 15) is 8.42 Å². The molecule has 0 unspecified atom stereocenters. The Morgan fingerprint density at radius 2 is 1.61 bits per heavy atom. The summed E-state index contributed by atoms with van der Waals surface area (Å²) in [5, 5.41) is 0.243. The summed E-state index contributed by atoms with van der Waals surface area (Å²) in [4.78, 5) is 0.156. The Morgan fingerprint density at radius 3 is 2.22 bits per heavy atom. The van der Waals surface area contributed by atoms with Gasteiger partial charge in [-0.25, -0.2) is 8.42 Å². The molecule has 0 saturated heterocycles. The number of anilines is 1. The van der Waals surface area contributed by atoms with Crippen LogP contribution < -0.4 is 5.73 Å². The molecule has 0 heterocycles. The van der Waals surface area contributed by atoms with Crippen molar-refractivity contribution in [2.45, 2.75) is 10.6 Å². The first-order valence-electron chi connectivity index (χ1n) is 5.31. The minimum Gasteiger partial charge on any atom is -0.399 e. The molecule has 0 amide bonds. The monoisotopic (exact) mass is 281 g/mol. The van der Waals surface area contributed by atoms with Gasteiger partial charge < -0.3 is 5.73 Å². The number of nitrogens with two attached hydrogens (primary N) is 1. The van der Waals surface area contributed by atoms with Crippen molar-refractivity contribution >= 4 is 27.1 Å². The predicted octanol–water partition coefficient (Wildman–Crippen LogP) is 2.90. The molecule has 2 rings (SSSR count). The Bertz CT molecular complexity index is 651. The molecule has 0 radical (unpaired) electrons. The van der Waals surface area contributed by atoms with Crippen molar-refractivity contribution in [1.29, 1.82) is 0 Å². The minimum absolute atomic E-state index is 0.0863. The van der Waals surface area contributed by atoms with Crippen LogP contribution in [0.3, 0.4) is 0 Å². The van der Waals surface area contributed by atoms with Crippen LogP contribution in [0.25, 0.3) is 0 Å². The molecule has 0 spiro atoms. The van der Waals surface area contributed by atoms with Gasteiger partial charge in [-0.1, -0.05) is 35.9 Å². The third-order valence-corrected chi connectivity index (χ3v) is 4.69. The van der Waals surface area contributed by atoms with Crippen LogP contribution in [-0.2, 0) is 15.6 Å². The summed E-state index contributed by atoms with van der Waals surface area (Å²) < 4.78 is 24.4. The largest absolute Gasteiger partial charge is 0.399 e. The van der Waals surface area contributed by atoms with Gasteiger partial charge in [0.25, 0.3) is 0 Å². The fraction of sp³-hybridized carbons (Fsp3) is 0.0769. The van der Waals surface area contributed by atoms with Crippen LogP contribution in [0.4, 0.5) is 5.69 Å². The van der Waals surface area contributed by atoms with Crippen molar-refractivity contribution in [3.8, 4) is 0 Å². The van der Waals surface area contributed by atoms with Gasteiger partial charge in [0.2, 0.25) is 0 Å². The van der Waals surface area contributed by atoms with Crippen molar-refractivity contribution in [3.63, 3.8) is 0 Å². The number of benzene rings is 2. The zero-order valence-corrected chi connectivity index (χ0v) is 11.1. The van der Waals surface area contributed by atoms with E-state index in [1.54, 1.807) is 42.5 Å². The molecule has 2 aromatic carbocycles. The van der Waals surface area contributed by atoms with Gasteiger partial charge in [-0.3, -0.25) is 0 Å². The molecule has 0 aliphatic heterocycles. The van der Waals surface area contributed by atoms with Gasteiger partial charge in [0.1, 0.15) is 0 Å². The van der Waals surface area contributed by atoms with Crippen molar-refractivity contribution < 1.29 is 8.42 Å². The van der Waals surface area contributed by atoms with Gasteiger partial charge in [-0.2, -0.15) is 0 Å². The lowest BCUT2D eigenvalue weighted by molar-refractivity contribution is 0.595. The fourth-order valence-electron chi connectivity index (χ4n) is 1.61. The highest BCUT2D eigenvalue weighted by atomic mass is 35.5. The van der Waals surface area contributed by atoms with Crippen molar-refractivity contribution in [1.82, 2.24) is 0 Å². The van der Waals surface area contributed by atoms with Crippen molar-refractivity contribution in [3.05, 3.63) is 59.1 Å². The second kappa shape index (κ2) is 5.00. The normalized spacial score (nSPS) is 11.4. The standard InChI is InChI=1S/C13H12ClNO2S/c14-12-3-1-2-4-13(12)18(16,17)9-10-5-7-11(15)8-6-10/h1-8H,9,15H2. The smallest absolute Gasteiger partial charge is 0.183 e. The Hall–Kier alpha value is -1.52. The number of halogens is 1. The van der Waals surface area contributed by atoms with Crippen LogP contribution in [0.15, 0.2) is 53.4 Å². The summed E-state index contributed by atoms with van der Waals surface area (Å²) in [5.41, 5.74) is 6.84. The van der Waals surface area contributed by atoms with Crippen molar-refractivity contribution in [2.24, 2.45) is 0 Å². The number of hydrogen-bond donors (Lipinski definition) is 1. The molecule has 2 aromatic rings. The van der Waals surface area contributed by atoms with Gasteiger partial charge >= 0.3 is 0 Å². The third kappa shape index (κ3) is 2.83. The van der Waals surface area contributed by atoms with E-state index < -0.39 is 9.84 Å². The van der Waals surface area contributed by atoms with Crippen LogP contribution in [-0.4, -0.2) is 8.42 Å². The van der Waals surface area contributed by atoms with E-state index in [1.807, 2.05) is 0 Å². The molecule has 0 aliphatic rings. The third-order valence-electron chi connectivity index (χ3n) is 2.51. The van der Waals surface area contributed by atoms with Crippen LogP contribution in [0.2, 0.25) is 5.02 Å². The fourth-order valence-corrected chi connectivity index (χ4v) is 3.53. The molecule has 3 nitrogen and oxygen atoms in total. The highest BCUT2D eigenvalue weighted by molar-refractivity contribution is 7.90. The number of nitrogen functional groups attached to an aromatic ring is 1. The van der Waals surface area contributed by atoms with Crippen molar-refractivity contribution in [2.75, 3.05) is 5.73 Å². The number of sulfone groups is 1. The molecule has 0 fully saturated rings. The van der Waals surface area contributed by atoms with Gasteiger partial charge in [0.15, 0.2) is 9.84 Å². The highest BCUT2D eigenvalue weighted by Crippen LogP contribution is 2.24. The Balaban J connectivity index is 2.33. The van der Waals surface area contributed by atoms with E-state index in [4.69, 9.17) is 17.3 Å². The summed E-state index contributed by atoms with van der Waals surface area (Å²) in [7, 11) is -3.43. The lowest BCUT2D eigenvalue weighted by Crippen LogP contribution is -2.05. The first-order chi connectivity index (χ1) is 8.49. The Kier molecular flexibility index (Phi) is 3.59. The van der Waals surface area contributed by atoms with E-state index >= 15 is 0 Å². The van der Waals surface area contributed by atoms with E-state index in [2.05, 4.69) is 0 Å². The van der Waals surface area contributed by atoms with E-state index in [0.717, 1.165) is 0 Å². The lowest BCUT2D eigenvalue weighted by Gasteiger charge is -2.06. The maximum atomic E-state index is 12.2. The number of hydrogen-bond acceptors (Lipinski definition) is 3. The van der Waals surface area contributed by atoms with Gasteiger partial charge in [-0.15, -0.1) is 0 Å². The molecular weight excluding hydrogens is 270 g/mol. The molecule has 2 N–H and O–H groups in total. The zero-order chi connectivity index (χ0) is 13.2. The molecule has 0 bridgehead atoms. The maximum absolute atomic E-state index is 12.2. The predicted molar refractivity (Wildman–Crippen MR) is 73.2 cm³/mol. The van der Waals surface area contributed by atoms with Crippen LogP contribution in [0.5, 0.6) is 0 Å². The van der Waals surface area contributed by atoms with Crippen LogP contribution in [0.1, 0.15) is 5.56 Å². The molecule has 0 aromatic heterocycles. The maximum Gasteiger partial charge on any atom is 0.183 e. The first kappa shape index (κ1) is 12.9. The van der Waals surface area contributed by atoms with Gasteiger partial charge in [0, 0.05) is 5.69 Å². The van der Waals surface area contributed by atoms with Crippen LogP contribution >= 0.6 is 11.6 Å². The summed E-state index contributed by atoms with van der Waals surface area (Å²) in [6.07, 6.45) is 0. The second-order valence-electron chi connectivity index (χ2n) is 3.93. The average Bonchev–Trinajstić information content (AvgIpc) is 2.32. The van der Waals surface area contributed by atoms with E-state index in [1.165, 1.54) is 6.07 Å². The topological polar surface area (TPSA) is 60.2 Å². The highest BCUT2D eigenvalue weighted by Gasteiger charge is 2.18. The quantitative estimate of drug-likeness (QED) is 0.880. The van der Waals surface area contributed by atoms with E-state index in [0.29, 0.717) is 11.3 Å². The zero-order valence-electron chi connectivity index (χ0n) is 9.51. The summed E-state index contributed by atoms with van der Waals surface area (Å²) in [6, 6.07) is 13.2. The number of rotatable bonds is 3. The molecule has 94 valence electrons. The van der Waals surface area contributed by atoms with E-state index in [-0.39, 0.29) is 15.7 Å². The molecule has 0 atom stereocenters. The second-order valence-corrected chi connectivity index (χ2v) is 6.30. The lowest BCUT2D eigenvalue weighted by atomic mass is 10.2. The molecule has 0 aliphatic carbocycles. The average molecular weight is 282 g/mol. The molecular formula is C13H12ClNO2S. The van der Waals surface area contributed by atoms with Crippen LogP contribution in [0, 0.1) is 0 Å². The summed E-state index contributed by atoms with van der Waals surface area (Å²) in [6.45, 7) is 0. The Morgan fingerprint density at radius 1 is 1.00 bits per heavy atom. The molecule has 5 heteroatoms. The van der Waals surface area contributed by atoms with Gasteiger partial charge in [-0.05, 0) is 29.8 Å². The Labute approximate surface area is 111 Å². The summed E-state index contributed by atoms with van der Waals surface area (Å²) in [5.74, 6) is -0.0863. The molecule has 0 saturated carbocycles. The first-order valence-corrected chi connectivity index (χ1v) is 7.34. The summed E-state index contributed by atoms with van der Waals surface area (Å²) >= 11 is 5.90. The molecule has 18 heavy (non-hydrogen) atoms.